The number of hydrogen-bond donors (Lipinski definition) is 0. The zero-order valence-electron chi connectivity index (χ0n) is 64.7. The Bertz CT molecular complexity index is 2470. The summed E-state index contributed by atoms with van der Waals surface area (Å²) < 4.78 is 22.8. The number of carboxylic acids is 1. The number of carbonyl (C=O) groups is 3. The quantitative estimate of drug-likeness (QED) is 0.0195. The van der Waals surface area contributed by atoms with Crippen molar-refractivity contribution in [2.45, 2.75) is 296 Å². The Morgan fingerprint density at radius 1 is 0.297 bits per heavy atom. The van der Waals surface area contributed by atoms with E-state index in [9.17, 15) is 19.5 Å². The van der Waals surface area contributed by atoms with Gasteiger partial charge in [0.25, 0.3) is 0 Å². The molecule has 0 bridgehead atoms. The van der Waals surface area contributed by atoms with Crippen molar-refractivity contribution in [1.29, 1.82) is 0 Å². The molecule has 2 atom stereocenters. The van der Waals surface area contributed by atoms with E-state index in [0.29, 0.717) is 17.4 Å². The Hall–Kier alpha value is -6.39. The summed E-state index contributed by atoms with van der Waals surface area (Å²) in [5, 5.41) is 11.9. The minimum Gasteiger partial charge on any atom is -0.545 e. The van der Waals surface area contributed by atoms with Gasteiger partial charge in [0.2, 0.25) is 0 Å². The normalized spacial score (nSPS) is 13.9. The van der Waals surface area contributed by atoms with E-state index in [2.05, 4.69) is 233 Å². The Balaban J connectivity index is 4.17. The molecule has 9 nitrogen and oxygen atoms in total. The second-order valence-electron chi connectivity index (χ2n) is 26.9. The molecule has 0 heterocycles. The summed E-state index contributed by atoms with van der Waals surface area (Å²) in [5.74, 6) is -2.32. The van der Waals surface area contributed by atoms with Gasteiger partial charge in [-0.1, -0.05) is 335 Å². The summed E-state index contributed by atoms with van der Waals surface area (Å²) in [6, 6.07) is 0. The highest BCUT2D eigenvalue weighted by Crippen LogP contribution is 2.16. The molecule has 0 fully saturated rings. The van der Waals surface area contributed by atoms with Crippen molar-refractivity contribution in [2.24, 2.45) is 0 Å². The Labute approximate surface area is 619 Å². The van der Waals surface area contributed by atoms with Crippen molar-refractivity contribution in [1.82, 2.24) is 0 Å². The van der Waals surface area contributed by atoms with E-state index in [-0.39, 0.29) is 38.6 Å². The molecule has 0 amide bonds. The van der Waals surface area contributed by atoms with Gasteiger partial charge in [-0.05, 0) is 154 Å². The minimum atomic E-state index is -1.64. The maximum atomic E-state index is 13.0. The summed E-state index contributed by atoms with van der Waals surface area (Å²) >= 11 is 0. The first-order valence-electron chi connectivity index (χ1n) is 39.9. The van der Waals surface area contributed by atoms with E-state index in [0.717, 1.165) is 173 Å². The van der Waals surface area contributed by atoms with Gasteiger partial charge in [0.1, 0.15) is 13.2 Å². The van der Waals surface area contributed by atoms with Crippen molar-refractivity contribution in [3.8, 4) is 0 Å². The number of likely N-dealkylation sites (N-methyl/N-ethyl adjacent to an activating group) is 1. The fourth-order valence-corrected chi connectivity index (χ4v) is 10.2. The molecule has 0 aliphatic rings. The SMILES string of the molecule is CC/C=C\C/C=C\C/C=C\C/C=C\C/C=C\C/C=C\C/C=C\C/C=C\C/C=C\C/C=C\C/C=C\CCCCCCCCCC(=O)OC(COC(=O)CCCCCCCCCCCCCCC/C=C\C/C=C\C/C=C\C/C=C\C/C=C\C/C=C\C/C=C\CC)COC(OCC[N+](C)(C)C)C(=O)[O-]. The predicted octanol–water partition coefficient (Wildman–Crippen LogP) is 24.7. The van der Waals surface area contributed by atoms with Gasteiger partial charge in [-0.25, -0.2) is 0 Å². The van der Waals surface area contributed by atoms with E-state index in [1.165, 1.54) is 77.0 Å². The van der Waals surface area contributed by atoms with Crippen LogP contribution in [-0.2, 0) is 33.3 Å². The van der Waals surface area contributed by atoms with Crippen LogP contribution in [0.25, 0.3) is 0 Å². The number of allylic oxidation sites excluding steroid dienone is 36. The van der Waals surface area contributed by atoms with Crippen molar-refractivity contribution in [3.63, 3.8) is 0 Å². The second-order valence-corrected chi connectivity index (χ2v) is 26.9. The molecule has 2 unspecified atom stereocenters. The number of quaternary nitrogens is 1. The van der Waals surface area contributed by atoms with E-state index >= 15 is 0 Å². The molecule has 0 aromatic heterocycles. The number of aliphatic carboxylic acids is 1. The lowest BCUT2D eigenvalue weighted by molar-refractivity contribution is -0.870. The third-order valence-electron chi connectivity index (χ3n) is 16.2. The van der Waals surface area contributed by atoms with Crippen LogP contribution in [0.2, 0.25) is 0 Å². The maximum Gasteiger partial charge on any atom is 0.306 e. The molecule has 0 radical (unpaired) electrons. The van der Waals surface area contributed by atoms with E-state index in [1.807, 2.05) is 21.1 Å². The van der Waals surface area contributed by atoms with Crippen molar-refractivity contribution in [2.75, 3.05) is 47.5 Å². The summed E-state index contributed by atoms with van der Waals surface area (Å²) in [7, 11) is 5.92. The van der Waals surface area contributed by atoms with Gasteiger partial charge in [0.05, 0.1) is 40.3 Å². The molecule has 0 aliphatic carbocycles. The van der Waals surface area contributed by atoms with Crippen LogP contribution < -0.4 is 5.11 Å². The standard InChI is InChI=1S/C92H145NO8/c1-6-8-10-12-14-16-18-20-22-24-26-28-30-32-34-36-38-40-42-43-44-45-46-47-49-51-53-55-57-59-61-63-65-67-69-71-73-75-77-79-81-83-90(95)101-88(87-100-92(91(96)97)98-85-84-93(3,4)5)86-99-89(94)82-80-78-76-74-72-70-68-66-64-62-60-58-56-54-52-50-48-41-39-37-35-33-31-29-27-25-23-21-19-17-15-13-11-9-7-2/h8-11,14-17,20-23,26-29,32-35,38-41,43-44,46-47,50-53,57,59,63,65,88,92H,6-7,12-13,18-19,24-25,30-31,36-37,42,45,48-49,54-56,58,60-62,64,66-87H2,1-5H3/b10-8-,11-9-,16-14-,17-15-,22-20-,23-21-,28-26-,29-27-,34-32-,35-33-,40-38-,41-39-,44-43-,47-46-,52-50-,53-51-,59-57-,65-63-. The van der Waals surface area contributed by atoms with Crippen LogP contribution in [0, 0.1) is 0 Å². The van der Waals surface area contributed by atoms with E-state index in [1.54, 1.807) is 0 Å². The highest BCUT2D eigenvalue weighted by atomic mass is 16.7. The number of rotatable bonds is 71. The first kappa shape index (κ1) is 94.6. The third kappa shape index (κ3) is 80.8. The zero-order valence-corrected chi connectivity index (χ0v) is 64.7. The average molecular weight is 1390 g/mol. The number of carboxylic acid groups (broad SMARTS) is 1. The number of carbonyl (C=O) groups excluding carboxylic acids is 3. The van der Waals surface area contributed by atoms with Crippen LogP contribution >= 0.6 is 0 Å². The Kier molecular flexibility index (Phi) is 74.3. The summed E-state index contributed by atoms with van der Waals surface area (Å²) in [5.41, 5.74) is 0. The third-order valence-corrected chi connectivity index (χ3v) is 16.2. The van der Waals surface area contributed by atoms with Gasteiger partial charge in [-0.3, -0.25) is 9.59 Å². The molecule has 0 aliphatic heterocycles. The van der Waals surface area contributed by atoms with E-state index in [4.69, 9.17) is 18.9 Å². The lowest BCUT2D eigenvalue weighted by Gasteiger charge is -2.26. The predicted molar refractivity (Wildman–Crippen MR) is 434 cm³/mol. The number of nitrogens with zero attached hydrogens (tertiary/aromatic N) is 1. The molecule has 101 heavy (non-hydrogen) atoms. The monoisotopic (exact) mass is 1390 g/mol. The van der Waals surface area contributed by atoms with Crippen LogP contribution in [0.15, 0.2) is 219 Å². The lowest BCUT2D eigenvalue weighted by Crippen LogP contribution is -2.44. The molecule has 0 aromatic rings. The summed E-state index contributed by atoms with van der Waals surface area (Å²) in [6.45, 7) is 4.49. The smallest absolute Gasteiger partial charge is 0.306 e. The largest absolute Gasteiger partial charge is 0.545 e. The fourth-order valence-electron chi connectivity index (χ4n) is 10.2. The molecule has 0 saturated carbocycles. The number of ether oxygens (including phenoxy) is 4. The molecular weight excluding hydrogens is 1250 g/mol. The summed E-state index contributed by atoms with van der Waals surface area (Å²) in [4.78, 5) is 37.6. The molecule has 566 valence electrons. The zero-order chi connectivity index (χ0) is 73.2. The van der Waals surface area contributed by atoms with Crippen LogP contribution in [0.4, 0.5) is 0 Å². The van der Waals surface area contributed by atoms with Crippen LogP contribution in [-0.4, -0.2) is 82.3 Å². The van der Waals surface area contributed by atoms with Gasteiger partial charge >= 0.3 is 11.9 Å². The molecule has 0 spiro atoms. The van der Waals surface area contributed by atoms with Crippen LogP contribution in [0.1, 0.15) is 284 Å². The lowest BCUT2D eigenvalue weighted by atomic mass is 10.0. The van der Waals surface area contributed by atoms with Gasteiger partial charge in [0, 0.05) is 12.8 Å². The van der Waals surface area contributed by atoms with Gasteiger partial charge in [-0.15, -0.1) is 0 Å². The van der Waals surface area contributed by atoms with Crippen LogP contribution in [0.5, 0.6) is 0 Å². The van der Waals surface area contributed by atoms with Gasteiger partial charge in [0.15, 0.2) is 12.4 Å². The average Bonchev–Trinajstić information content (AvgIpc) is 1.21. The molecule has 0 rings (SSSR count). The first-order valence-corrected chi connectivity index (χ1v) is 39.9. The maximum absolute atomic E-state index is 13.0. The number of unbranched alkanes of at least 4 members (excludes halogenated alkanes) is 20. The van der Waals surface area contributed by atoms with Gasteiger partial charge in [-0.2, -0.15) is 0 Å². The fraction of sp³-hybridized carbons (Fsp3) is 0.576. The summed E-state index contributed by atoms with van der Waals surface area (Å²) in [6.07, 6.45) is 122. The molecule has 0 aromatic carbocycles. The topological polar surface area (TPSA) is 111 Å². The van der Waals surface area contributed by atoms with Crippen molar-refractivity contribution < 1.29 is 42.9 Å². The van der Waals surface area contributed by atoms with Crippen LogP contribution in [0.3, 0.4) is 0 Å². The van der Waals surface area contributed by atoms with E-state index < -0.39 is 24.3 Å². The molecule has 0 saturated heterocycles. The molecule has 9 heteroatoms. The first-order chi connectivity index (χ1) is 49.6. The molecule has 0 N–H and O–H groups in total. The van der Waals surface area contributed by atoms with Crippen molar-refractivity contribution >= 4 is 17.9 Å². The minimum absolute atomic E-state index is 0.135. The number of esters is 2. The van der Waals surface area contributed by atoms with Gasteiger partial charge < -0.3 is 33.3 Å². The Morgan fingerprint density at radius 3 is 0.792 bits per heavy atom. The highest BCUT2D eigenvalue weighted by molar-refractivity contribution is 5.70. The van der Waals surface area contributed by atoms with Crippen molar-refractivity contribution in [3.05, 3.63) is 219 Å². The Morgan fingerprint density at radius 2 is 0.535 bits per heavy atom. The highest BCUT2D eigenvalue weighted by Gasteiger charge is 2.22. The number of hydrogen-bond acceptors (Lipinski definition) is 8. The molecular formula is C92H145NO8. The second kappa shape index (κ2) is 79.3.